The molecule has 3 heteroatoms. The third kappa shape index (κ3) is 2.14. The van der Waals surface area contributed by atoms with Crippen molar-refractivity contribution in [2.45, 2.75) is 13.1 Å². The molecule has 0 saturated carbocycles. The van der Waals surface area contributed by atoms with E-state index in [0.29, 0.717) is 5.56 Å². The second kappa shape index (κ2) is 3.81. The topological polar surface area (TPSA) is 17.1 Å². The van der Waals surface area contributed by atoms with Gasteiger partial charge in [0.05, 0.1) is 0 Å². The van der Waals surface area contributed by atoms with Gasteiger partial charge in [0.15, 0.2) is 12.0 Å². The molecule has 0 amide bonds. The van der Waals surface area contributed by atoms with Crippen LogP contribution in [0.5, 0.6) is 0 Å². The number of carbonyl (C=O) groups is 1. The average Bonchev–Trinajstić information content (AvgIpc) is 2.04. The molecule has 0 saturated heterocycles. The molecule has 64 valence electrons. The maximum atomic E-state index is 13.0. The molecule has 0 aliphatic carbocycles. The Balaban J connectivity index is 2.89. The second-order valence-electron chi connectivity index (χ2n) is 2.52. The van der Waals surface area contributed by atoms with Crippen molar-refractivity contribution in [2.24, 2.45) is 0 Å². The smallest absolute Gasteiger partial charge is 0.183 e. The fraction of sp³-hybridized carbons (Fsp3) is 0.222. The molecule has 0 fully saturated rings. The summed E-state index contributed by atoms with van der Waals surface area (Å²) in [6.45, 7) is 1.24. The van der Waals surface area contributed by atoms with E-state index in [1.54, 1.807) is 24.3 Å². The molecule has 0 heterocycles. The SMILES string of the molecule is CC(=O)C(F)c1ccc(Br)cc1. The molecule has 0 aromatic heterocycles. The van der Waals surface area contributed by atoms with Gasteiger partial charge in [0, 0.05) is 4.47 Å². The van der Waals surface area contributed by atoms with Crippen molar-refractivity contribution in [1.29, 1.82) is 0 Å². The van der Waals surface area contributed by atoms with E-state index >= 15 is 0 Å². The average molecular weight is 231 g/mol. The van der Waals surface area contributed by atoms with Gasteiger partial charge in [-0.05, 0) is 24.6 Å². The third-order valence-corrected chi connectivity index (χ3v) is 2.05. The number of alkyl halides is 1. The zero-order valence-electron chi connectivity index (χ0n) is 6.55. The number of rotatable bonds is 2. The highest BCUT2D eigenvalue weighted by atomic mass is 79.9. The zero-order valence-corrected chi connectivity index (χ0v) is 8.14. The first-order chi connectivity index (χ1) is 5.61. The van der Waals surface area contributed by atoms with E-state index in [0.717, 1.165) is 4.47 Å². The Hall–Kier alpha value is -0.700. The van der Waals surface area contributed by atoms with Crippen LogP contribution in [0.3, 0.4) is 0 Å². The second-order valence-corrected chi connectivity index (χ2v) is 3.44. The maximum Gasteiger partial charge on any atom is 0.183 e. The lowest BCUT2D eigenvalue weighted by Gasteiger charge is -2.03. The van der Waals surface area contributed by atoms with Gasteiger partial charge in [-0.3, -0.25) is 4.79 Å². The lowest BCUT2D eigenvalue weighted by molar-refractivity contribution is -0.121. The number of halogens is 2. The Morgan fingerprint density at radius 1 is 1.42 bits per heavy atom. The van der Waals surface area contributed by atoms with E-state index < -0.39 is 12.0 Å². The van der Waals surface area contributed by atoms with Gasteiger partial charge in [0.25, 0.3) is 0 Å². The number of benzene rings is 1. The van der Waals surface area contributed by atoms with Crippen LogP contribution in [-0.4, -0.2) is 5.78 Å². The van der Waals surface area contributed by atoms with Gasteiger partial charge in [0.2, 0.25) is 0 Å². The standard InChI is InChI=1S/C9H8BrFO/c1-6(12)9(11)7-2-4-8(10)5-3-7/h2-5,9H,1H3. The first kappa shape index (κ1) is 9.39. The van der Waals surface area contributed by atoms with Crippen LogP contribution >= 0.6 is 15.9 Å². The van der Waals surface area contributed by atoms with Crippen LogP contribution < -0.4 is 0 Å². The third-order valence-electron chi connectivity index (χ3n) is 1.52. The summed E-state index contributed by atoms with van der Waals surface area (Å²) >= 11 is 3.22. The van der Waals surface area contributed by atoms with Crippen molar-refractivity contribution in [2.75, 3.05) is 0 Å². The van der Waals surface area contributed by atoms with Crippen LogP contribution in [0.15, 0.2) is 28.7 Å². The number of carbonyl (C=O) groups excluding carboxylic acids is 1. The molecule has 1 unspecified atom stereocenters. The molecular weight excluding hydrogens is 223 g/mol. The monoisotopic (exact) mass is 230 g/mol. The molecule has 1 nitrogen and oxygen atoms in total. The van der Waals surface area contributed by atoms with Crippen LogP contribution in [0.25, 0.3) is 0 Å². The quantitative estimate of drug-likeness (QED) is 0.764. The Labute approximate surface area is 78.7 Å². The van der Waals surface area contributed by atoms with Gasteiger partial charge in [-0.15, -0.1) is 0 Å². The minimum atomic E-state index is -1.49. The summed E-state index contributed by atoms with van der Waals surface area (Å²) in [5.41, 5.74) is 0.408. The van der Waals surface area contributed by atoms with E-state index in [4.69, 9.17) is 0 Å². The Morgan fingerprint density at radius 3 is 2.33 bits per heavy atom. The number of Topliss-reactive ketones (excluding diaryl/α,β-unsaturated/α-hetero) is 1. The first-order valence-electron chi connectivity index (χ1n) is 3.51. The summed E-state index contributed by atoms with van der Waals surface area (Å²) in [6, 6.07) is 6.61. The van der Waals surface area contributed by atoms with Crippen molar-refractivity contribution >= 4 is 21.7 Å². The van der Waals surface area contributed by atoms with Gasteiger partial charge in [-0.25, -0.2) is 4.39 Å². The molecule has 0 aliphatic rings. The molecule has 1 rings (SSSR count). The Morgan fingerprint density at radius 2 is 1.92 bits per heavy atom. The molecule has 12 heavy (non-hydrogen) atoms. The van der Waals surface area contributed by atoms with Crippen molar-refractivity contribution in [3.05, 3.63) is 34.3 Å². The molecule has 0 bridgehead atoms. The molecule has 1 aromatic rings. The summed E-state index contributed by atoms with van der Waals surface area (Å²) in [5, 5.41) is 0. The van der Waals surface area contributed by atoms with Crippen LogP contribution in [-0.2, 0) is 4.79 Å². The largest absolute Gasteiger partial charge is 0.296 e. The molecule has 0 N–H and O–H groups in total. The Kier molecular flexibility index (Phi) is 2.98. The van der Waals surface area contributed by atoms with E-state index in [9.17, 15) is 9.18 Å². The van der Waals surface area contributed by atoms with Gasteiger partial charge < -0.3 is 0 Å². The van der Waals surface area contributed by atoms with Gasteiger partial charge in [0.1, 0.15) is 0 Å². The molecular formula is C9H8BrFO. The van der Waals surface area contributed by atoms with E-state index in [1.165, 1.54) is 6.92 Å². The van der Waals surface area contributed by atoms with Crippen LogP contribution in [0, 0.1) is 0 Å². The minimum absolute atomic E-state index is 0.408. The first-order valence-corrected chi connectivity index (χ1v) is 4.30. The Bertz CT molecular complexity index is 281. The maximum absolute atomic E-state index is 13.0. The van der Waals surface area contributed by atoms with Gasteiger partial charge in [-0.1, -0.05) is 28.1 Å². The molecule has 0 spiro atoms. The van der Waals surface area contributed by atoms with Crippen LogP contribution in [0.2, 0.25) is 0 Å². The number of ketones is 1. The van der Waals surface area contributed by atoms with Gasteiger partial charge >= 0.3 is 0 Å². The zero-order chi connectivity index (χ0) is 9.14. The normalized spacial score (nSPS) is 12.6. The van der Waals surface area contributed by atoms with Crippen molar-refractivity contribution in [3.63, 3.8) is 0 Å². The minimum Gasteiger partial charge on any atom is -0.296 e. The molecule has 1 aromatic carbocycles. The van der Waals surface area contributed by atoms with E-state index in [-0.39, 0.29) is 0 Å². The van der Waals surface area contributed by atoms with Crippen molar-refractivity contribution in [3.8, 4) is 0 Å². The lowest BCUT2D eigenvalue weighted by atomic mass is 10.1. The molecule has 0 aliphatic heterocycles. The summed E-state index contributed by atoms with van der Waals surface area (Å²) in [6.07, 6.45) is -1.49. The van der Waals surface area contributed by atoms with E-state index in [2.05, 4.69) is 15.9 Å². The van der Waals surface area contributed by atoms with Gasteiger partial charge in [-0.2, -0.15) is 0 Å². The number of hydrogen-bond acceptors (Lipinski definition) is 1. The lowest BCUT2D eigenvalue weighted by Crippen LogP contribution is -2.01. The van der Waals surface area contributed by atoms with E-state index in [1.807, 2.05) is 0 Å². The fourth-order valence-corrected chi connectivity index (χ4v) is 1.13. The highest BCUT2D eigenvalue weighted by Gasteiger charge is 2.13. The highest BCUT2D eigenvalue weighted by molar-refractivity contribution is 9.10. The summed E-state index contributed by atoms with van der Waals surface area (Å²) in [7, 11) is 0. The summed E-state index contributed by atoms with van der Waals surface area (Å²) in [4.78, 5) is 10.6. The molecule has 1 atom stereocenters. The highest BCUT2D eigenvalue weighted by Crippen LogP contribution is 2.20. The summed E-state index contributed by atoms with van der Waals surface area (Å²) < 4.78 is 13.9. The predicted octanol–water partition coefficient (Wildman–Crippen LogP) is 3.05. The molecule has 0 radical (unpaired) electrons. The van der Waals surface area contributed by atoms with Crippen molar-refractivity contribution in [1.82, 2.24) is 0 Å². The number of hydrogen-bond donors (Lipinski definition) is 0. The fourth-order valence-electron chi connectivity index (χ4n) is 0.866. The van der Waals surface area contributed by atoms with Crippen LogP contribution in [0.1, 0.15) is 18.7 Å². The van der Waals surface area contributed by atoms with Crippen LogP contribution in [0.4, 0.5) is 4.39 Å². The summed E-state index contributed by atoms with van der Waals surface area (Å²) in [5.74, 6) is -0.461. The van der Waals surface area contributed by atoms with Crippen molar-refractivity contribution < 1.29 is 9.18 Å². The predicted molar refractivity (Wildman–Crippen MR) is 48.7 cm³/mol.